The summed E-state index contributed by atoms with van der Waals surface area (Å²) < 4.78 is 5.88. The van der Waals surface area contributed by atoms with Crippen LogP contribution in [0.1, 0.15) is 54.6 Å². The number of aliphatic hydroxyl groups excluding tert-OH is 2. The molecule has 6 N–H and O–H groups in total. The molecule has 12 heteroatoms. The van der Waals surface area contributed by atoms with E-state index >= 15 is 0 Å². The van der Waals surface area contributed by atoms with Crippen LogP contribution >= 0.6 is 0 Å². The van der Waals surface area contributed by atoms with Gasteiger partial charge in [-0.1, -0.05) is 20.4 Å². The first-order chi connectivity index (χ1) is 19.4. The van der Waals surface area contributed by atoms with E-state index in [0.29, 0.717) is 16.8 Å². The van der Waals surface area contributed by atoms with Crippen LogP contribution in [-0.2, 0) is 19.1 Å². The molecular weight excluding hydrogens is 546 g/mol. The maximum atomic E-state index is 14.3. The Labute approximate surface area is 243 Å². The summed E-state index contributed by atoms with van der Waals surface area (Å²) in [6, 6.07) is 0.339. The van der Waals surface area contributed by atoms with Gasteiger partial charge in [0.05, 0.1) is 17.5 Å². The highest BCUT2D eigenvalue weighted by Gasteiger charge is 2.68. The van der Waals surface area contributed by atoms with Crippen LogP contribution in [0.4, 0.5) is 5.69 Å². The number of carbonyl (C=O) groups excluding carboxylic acids is 4. The number of ketones is 2. The summed E-state index contributed by atoms with van der Waals surface area (Å²) in [4.78, 5) is 56.4. The van der Waals surface area contributed by atoms with Gasteiger partial charge in [-0.05, 0) is 44.1 Å². The van der Waals surface area contributed by atoms with Gasteiger partial charge in [0.25, 0.3) is 5.91 Å². The number of fused-ring (bicyclic) bond motifs is 3. The Morgan fingerprint density at radius 1 is 1.14 bits per heavy atom. The molecule has 0 bridgehead atoms. The molecular formula is C30H37N3O9. The van der Waals surface area contributed by atoms with Gasteiger partial charge in [0.15, 0.2) is 11.4 Å². The van der Waals surface area contributed by atoms with Gasteiger partial charge >= 0.3 is 5.97 Å². The Balaban J connectivity index is 2.17. The minimum Gasteiger partial charge on any atom is -0.510 e. The second-order valence-electron chi connectivity index (χ2n) is 11.6. The Kier molecular flexibility index (Phi) is 7.54. The van der Waals surface area contributed by atoms with Crippen molar-refractivity contribution in [3.63, 3.8) is 0 Å². The third kappa shape index (κ3) is 4.03. The molecule has 3 aliphatic rings. The zero-order valence-corrected chi connectivity index (χ0v) is 24.7. The van der Waals surface area contributed by atoms with Crippen molar-refractivity contribution < 1.29 is 44.3 Å². The van der Waals surface area contributed by atoms with Crippen molar-refractivity contribution >= 4 is 34.7 Å². The predicted octanol–water partition coefficient (Wildman–Crippen LogP) is 1.71. The molecule has 3 aliphatic carbocycles. The molecule has 0 aliphatic heterocycles. The molecule has 1 amide bonds. The lowest BCUT2D eigenvalue weighted by molar-refractivity contribution is -0.180. The van der Waals surface area contributed by atoms with E-state index in [1.54, 1.807) is 38.9 Å². The number of anilines is 1. The zero-order valence-electron chi connectivity index (χ0n) is 24.7. The molecule has 12 nitrogen and oxygen atoms in total. The maximum Gasteiger partial charge on any atom is 0.305 e. The number of ether oxygens (including phenoxy) is 1. The number of allylic oxidation sites excluding steroid dienone is 1. The number of benzene rings is 1. The van der Waals surface area contributed by atoms with Crippen molar-refractivity contribution in [1.29, 1.82) is 0 Å². The number of phenols is 1. The van der Waals surface area contributed by atoms with E-state index < -0.39 is 87.4 Å². The lowest BCUT2D eigenvalue weighted by Gasteiger charge is -2.54. The molecule has 0 heterocycles. The molecule has 0 spiro atoms. The van der Waals surface area contributed by atoms with Gasteiger partial charge in [-0.2, -0.15) is 0 Å². The van der Waals surface area contributed by atoms with Crippen LogP contribution < -0.4 is 10.6 Å². The SMILES string of the molecule is C=C(C)c1cc(N(C)C)c2c(c1O)C(=O)C1=C(O)[C@]3(O)C(=O)C(C(N)=O)=C(O)[C@@H](N(C)C)[C@@H]3[C@@H](OC(=O)CC)[C@@H]1[C@H]2C. The number of carbonyl (C=O) groups is 4. The molecule has 0 unspecified atom stereocenters. The number of primary amides is 1. The molecule has 226 valence electrons. The fraction of sp³-hybridized carbons (Fsp3) is 0.467. The minimum absolute atomic E-state index is 0.0983. The quantitative estimate of drug-likeness (QED) is 0.242. The molecule has 0 saturated carbocycles. The topological polar surface area (TPSA) is 191 Å². The first-order valence-corrected chi connectivity index (χ1v) is 13.5. The number of hydrogen-bond acceptors (Lipinski definition) is 11. The van der Waals surface area contributed by atoms with Crippen molar-refractivity contribution in [2.75, 3.05) is 33.1 Å². The number of amides is 1. The standard InChI is InChI=1S/C30H37N3O9/c1-9-15(34)42-26-17-12(4)16-14(32(5)6)10-13(11(2)3)23(35)18(16)24(36)19(17)27(38)30(41)21(26)22(33(7)8)25(37)20(28(30)39)29(31)40/h10,12,17,21-22,26,35,37-38,41H,2,9H2,1,3-8H3,(H2,31,40)/t12-,17+,21+,22-,26-,30-/m0/s1. The van der Waals surface area contributed by atoms with Gasteiger partial charge < -0.3 is 35.8 Å². The number of esters is 1. The van der Waals surface area contributed by atoms with Gasteiger partial charge in [-0.3, -0.25) is 24.1 Å². The van der Waals surface area contributed by atoms with Gasteiger partial charge in [0, 0.05) is 43.3 Å². The van der Waals surface area contributed by atoms with Crippen molar-refractivity contribution in [2.24, 2.45) is 17.6 Å². The number of aliphatic hydroxyl groups is 3. The number of nitrogens with two attached hydrogens (primary N) is 1. The van der Waals surface area contributed by atoms with Crippen LogP contribution in [0.25, 0.3) is 5.57 Å². The fourth-order valence-electron chi connectivity index (χ4n) is 6.79. The highest BCUT2D eigenvalue weighted by Crippen LogP contribution is 2.58. The van der Waals surface area contributed by atoms with Gasteiger partial charge in [-0.15, -0.1) is 0 Å². The molecule has 0 saturated heterocycles. The Morgan fingerprint density at radius 2 is 1.74 bits per heavy atom. The monoisotopic (exact) mass is 583 g/mol. The third-order valence-electron chi connectivity index (χ3n) is 8.67. The average molecular weight is 584 g/mol. The summed E-state index contributed by atoms with van der Waals surface area (Å²) in [5.74, 6) is -10.0. The second-order valence-corrected chi connectivity index (χ2v) is 11.6. The number of Topliss-reactive ketones (excluding diaryl/α,β-unsaturated/α-hetero) is 2. The number of hydrogen-bond donors (Lipinski definition) is 5. The summed E-state index contributed by atoms with van der Waals surface area (Å²) in [5.41, 5.74) is 2.58. The van der Waals surface area contributed by atoms with Gasteiger partial charge in [-0.25, -0.2) is 0 Å². The lowest BCUT2D eigenvalue weighted by Crippen LogP contribution is -2.69. The van der Waals surface area contributed by atoms with E-state index in [0.717, 1.165) is 0 Å². The van der Waals surface area contributed by atoms with Crippen molar-refractivity contribution in [2.45, 2.75) is 50.9 Å². The number of aromatic hydroxyl groups is 1. The molecule has 0 fully saturated rings. The zero-order chi connectivity index (χ0) is 31.7. The van der Waals surface area contributed by atoms with Gasteiger partial charge in [0.1, 0.15) is 28.9 Å². The van der Waals surface area contributed by atoms with E-state index in [4.69, 9.17) is 10.5 Å². The molecule has 1 aromatic carbocycles. The van der Waals surface area contributed by atoms with Crippen LogP contribution in [0.5, 0.6) is 5.75 Å². The third-order valence-corrected chi connectivity index (χ3v) is 8.67. The first kappa shape index (κ1) is 30.8. The Bertz CT molecular complexity index is 1510. The normalized spacial score (nSPS) is 28.7. The van der Waals surface area contributed by atoms with Crippen LogP contribution in [0.15, 0.2) is 35.3 Å². The summed E-state index contributed by atoms with van der Waals surface area (Å²) >= 11 is 0. The lowest BCUT2D eigenvalue weighted by atomic mass is 9.55. The molecule has 0 aromatic heterocycles. The van der Waals surface area contributed by atoms with Crippen LogP contribution in [0.2, 0.25) is 0 Å². The number of nitrogens with zero attached hydrogens (tertiary/aromatic N) is 2. The first-order valence-electron chi connectivity index (χ1n) is 13.5. The predicted molar refractivity (Wildman–Crippen MR) is 153 cm³/mol. The summed E-state index contributed by atoms with van der Waals surface area (Å²) in [6.45, 7) is 8.79. The number of likely N-dealkylation sites (N-methyl/N-ethyl adjacent to an activating group) is 1. The maximum absolute atomic E-state index is 14.3. The highest BCUT2D eigenvalue weighted by atomic mass is 16.5. The van der Waals surface area contributed by atoms with E-state index in [2.05, 4.69) is 6.58 Å². The van der Waals surface area contributed by atoms with E-state index in [-0.39, 0.29) is 17.5 Å². The smallest absolute Gasteiger partial charge is 0.305 e. The van der Waals surface area contributed by atoms with Crippen molar-refractivity contribution in [1.82, 2.24) is 4.90 Å². The van der Waals surface area contributed by atoms with E-state index in [9.17, 15) is 39.6 Å². The van der Waals surface area contributed by atoms with Crippen LogP contribution in [0.3, 0.4) is 0 Å². The average Bonchev–Trinajstić information content (AvgIpc) is 2.89. The molecule has 42 heavy (non-hydrogen) atoms. The van der Waals surface area contributed by atoms with Crippen molar-refractivity contribution in [3.05, 3.63) is 52.0 Å². The number of rotatable bonds is 6. The Morgan fingerprint density at radius 3 is 2.21 bits per heavy atom. The van der Waals surface area contributed by atoms with Crippen molar-refractivity contribution in [3.8, 4) is 5.75 Å². The molecule has 1 aromatic rings. The van der Waals surface area contributed by atoms with Gasteiger partial charge in [0.2, 0.25) is 5.78 Å². The van der Waals surface area contributed by atoms with Crippen LogP contribution in [0, 0.1) is 11.8 Å². The summed E-state index contributed by atoms with van der Waals surface area (Å²) in [5, 5.41) is 46.3. The number of phenolic OH excluding ortho intramolecular Hbond substituents is 1. The molecule has 4 rings (SSSR count). The molecule has 6 atom stereocenters. The summed E-state index contributed by atoms with van der Waals surface area (Å²) in [6.07, 6.45) is -1.55. The van der Waals surface area contributed by atoms with Crippen LogP contribution in [-0.4, -0.2) is 94.7 Å². The Hall–Kier alpha value is -4.16. The molecule has 0 radical (unpaired) electrons. The second kappa shape index (κ2) is 10.3. The fourth-order valence-corrected chi connectivity index (χ4v) is 6.79. The highest BCUT2D eigenvalue weighted by molar-refractivity contribution is 6.25. The minimum atomic E-state index is -2.99. The largest absolute Gasteiger partial charge is 0.510 e. The summed E-state index contributed by atoms with van der Waals surface area (Å²) in [7, 11) is 6.49. The van der Waals surface area contributed by atoms with E-state index in [1.807, 2.05) is 0 Å². The van der Waals surface area contributed by atoms with E-state index in [1.165, 1.54) is 25.9 Å².